The molecule has 2 atom stereocenters. The molecule has 122 valence electrons. The first-order chi connectivity index (χ1) is 11.0. The molecule has 1 aliphatic rings. The normalized spacial score (nSPS) is 21.1. The lowest BCUT2D eigenvalue weighted by Crippen LogP contribution is -2.41. The van der Waals surface area contributed by atoms with Gasteiger partial charge in [0, 0.05) is 38.0 Å². The summed E-state index contributed by atoms with van der Waals surface area (Å²) in [5, 5.41) is 10.5. The summed E-state index contributed by atoms with van der Waals surface area (Å²) < 4.78 is 6.94. The van der Waals surface area contributed by atoms with Crippen LogP contribution in [0, 0.1) is 0 Å². The van der Waals surface area contributed by atoms with Gasteiger partial charge in [0.2, 0.25) is 0 Å². The molecule has 2 unspecified atom stereocenters. The van der Waals surface area contributed by atoms with Gasteiger partial charge in [0.1, 0.15) is 11.7 Å². The van der Waals surface area contributed by atoms with Crippen LogP contribution in [0.1, 0.15) is 16.9 Å². The second-order valence-electron chi connectivity index (χ2n) is 5.64. The smallest absolute Gasteiger partial charge is 0.326 e. The average Bonchev–Trinajstić information content (AvgIpc) is 3.08. The van der Waals surface area contributed by atoms with Crippen molar-refractivity contribution in [1.29, 1.82) is 0 Å². The van der Waals surface area contributed by atoms with Gasteiger partial charge in [0.05, 0.1) is 11.1 Å². The monoisotopic (exact) mass is 336 g/mol. The van der Waals surface area contributed by atoms with Crippen LogP contribution in [0.4, 0.5) is 0 Å². The van der Waals surface area contributed by atoms with Gasteiger partial charge in [-0.15, -0.1) is 0 Å². The second-order valence-corrected chi connectivity index (χ2v) is 6.02. The van der Waals surface area contributed by atoms with Crippen molar-refractivity contribution >= 4 is 34.4 Å². The maximum atomic E-state index is 12.9. The van der Waals surface area contributed by atoms with Crippen molar-refractivity contribution in [3.63, 3.8) is 0 Å². The Morgan fingerprint density at radius 1 is 1.35 bits per heavy atom. The zero-order valence-electron chi connectivity index (χ0n) is 12.8. The zero-order chi connectivity index (χ0) is 16.7. The van der Waals surface area contributed by atoms with Crippen LogP contribution in [-0.4, -0.2) is 52.3 Å². The molecule has 3 rings (SSSR count). The highest BCUT2D eigenvalue weighted by Gasteiger charge is 2.41. The van der Waals surface area contributed by atoms with E-state index in [-0.39, 0.29) is 25.0 Å². The molecule has 0 saturated carbocycles. The summed E-state index contributed by atoms with van der Waals surface area (Å²) in [6.45, 7) is 0.240. The Hall–Kier alpha value is -2.05. The van der Waals surface area contributed by atoms with Crippen molar-refractivity contribution in [2.75, 3.05) is 13.7 Å². The number of hydrogen-bond donors (Lipinski definition) is 1. The van der Waals surface area contributed by atoms with Gasteiger partial charge in [-0.25, -0.2) is 4.79 Å². The number of methoxy groups -OCH3 is 1. The minimum absolute atomic E-state index is 0.240. The van der Waals surface area contributed by atoms with E-state index in [9.17, 15) is 14.7 Å². The molecule has 1 aromatic heterocycles. The van der Waals surface area contributed by atoms with Gasteiger partial charge < -0.3 is 19.3 Å². The fraction of sp³-hybridized carbons (Fsp3) is 0.375. The predicted octanol–water partition coefficient (Wildman–Crippen LogP) is 2.15. The van der Waals surface area contributed by atoms with Gasteiger partial charge in [-0.2, -0.15) is 0 Å². The third kappa shape index (κ3) is 2.48. The summed E-state index contributed by atoms with van der Waals surface area (Å²) in [4.78, 5) is 25.7. The van der Waals surface area contributed by atoms with E-state index in [2.05, 4.69) is 0 Å². The molecule has 23 heavy (non-hydrogen) atoms. The third-order valence-electron chi connectivity index (χ3n) is 4.39. The van der Waals surface area contributed by atoms with Crippen molar-refractivity contribution in [3.05, 3.63) is 35.0 Å². The van der Waals surface area contributed by atoms with Gasteiger partial charge in [-0.05, 0) is 6.07 Å². The third-order valence-corrected chi connectivity index (χ3v) is 4.77. The van der Waals surface area contributed by atoms with E-state index >= 15 is 0 Å². The molecule has 0 radical (unpaired) electrons. The molecular formula is C16H17ClN2O4. The van der Waals surface area contributed by atoms with Crippen molar-refractivity contribution < 1.29 is 19.4 Å². The maximum Gasteiger partial charge on any atom is 0.326 e. The van der Waals surface area contributed by atoms with Crippen LogP contribution in [0.25, 0.3) is 10.9 Å². The van der Waals surface area contributed by atoms with Crippen LogP contribution in [0.15, 0.2) is 24.3 Å². The lowest BCUT2D eigenvalue weighted by molar-refractivity contribution is -0.141. The quantitative estimate of drug-likeness (QED) is 0.932. The van der Waals surface area contributed by atoms with E-state index in [1.165, 1.54) is 12.0 Å². The number of amides is 1. The number of carboxylic acid groups (broad SMARTS) is 1. The highest BCUT2D eigenvalue weighted by atomic mass is 35.5. The number of nitrogens with zero attached hydrogens (tertiary/aromatic N) is 2. The van der Waals surface area contributed by atoms with Crippen LogP contribution in [0.2, 0.25) is 5.02 Å². The van der Waals surface area contributed by atoms with Gasteiger partial charge >= 0.3 is 5.97 Å². The number of ether oxygens (including phenoxy) is 1. The van der Waals surface area contributed by atoms with E-state index in [0.717, 1.165) is 10.9 Å². The summed E-state index contributed by atoms with van der Waals surface area (Å²) in [6, 6.07) is 6.52. The molecule has 1 saturated heterocycles. The number of halogens is 1. The molecule has 1 amide bonds. The largest absolute Gasteiger partial charge is 0.480 e. The van der Waals surface area contributed by atoms with E-state index in [1.807, 2.05) is 24.3 Å². The van der Waals surface area contributed by atoms with Gasteiger partial charge in [-0.3, -0.25) is 4.79 Å². The number of likely N-dealkylation sites (tertiary alicyclic amines) is 1. The Bertz CT molecular complexity index is 747. The number of para-hydroxylation sites is 1. The number of aryl methyl sites for hydroxylation is 1. The molecule has 0 bridgehead atoms. The molecule has 7 heteroatoms. The fourth-order valence-corrected chi connectivity index (χ4v) is 3.51. The highest BCUT2D eigenvalue weighted by Crippen LogP contribution is 2.32. The number of carboxylic acids is 1. The number of carbonyl (C=O) groups is 2. The predicted molar refractivity (Wildman–Crippen MR) is 85.8 cm³/mol. The lowest BCUT2D eigenvalue weighted by Gasteiger charge is -2.21. The van der Waals surface area contributed by atoms with E-state index < -0.39 is 12.0 Å². The van der Waals surface area contributed by atoms with Gasteiger partial charge in [-0.1, -0.05) is 29.8 Å². The number of hydrogen-bond acceptors (Lipinski definition) is 3. The molecule has 0 aliphatic carbocycles. The summed E-state index contributed by atoms with van der Waals surface area (Å²) in [5.74, 6) is -1.42. The molecule has 2 aromatic rings. The zero-order valence-corrected chi connectivity index (χ0v) is 13.6. The number of rotatable bonds is 3. The first-order valence-electron chi connectivity index (χ1n) is 7.25. The molecule has 1 N–H and O–H groups in total. The van der Waals surface area contributed by atoms with Crippen LogP contribution in [0.5, 0.6) is 0 Å². The second kappa shape index (κ2) is 5.86. The minimum Gasteiger partial charge on any atom is -0.480 e. The van der Waals surface area contributed by atoms with Crippen LogP contribution >= 0.6 is 11.6 Å². The highest BCUT2D eigenvalue weighted by molar-refractivity contribution is 6.38. The fourth-order valence-electron chi connectivity index (χ4n) is 3.15. The Morgan fingerprint density at radius 2 is 2.04 bits per heavy atom. The Labute approximate surface area is 138 Å². The molecule has 1 aromatic carbocycles. The maximum absolute atomic E-state index is 12.9. The van der Waals surface area contributed by atoms with Crippen molar-refractivity contribution in [3.8, 4) is 0 Å². The van der Waals surface area contributed by atoms with Crippen LogP contribution < -0.4 is 0 Å². The topological polar surface area (TPSA) is 71.8 Å². The number of carbonyl (C=O) groups excluding carboxylic acids is 1. The first kappa shape index (κ1) is 15.8. The minimum atomic E-state index is -1.03. The number of fused-ring (bicyclic) bond motifs is 1. The van der Waals surface area contributed by atoms with Crippen molar-refractivity contribution in [2.24, 2.45) is 7.05 Å². The molecule has 1 aliphatic heterocycles. The summed E-state index contributed by atoms with van der Waals surface area (Å²) in [5.41, 5.74) is 1.13. The Morgan fingerprint density at radius 3 is 2.65 bits per heavy atom. The molecular weight excluding hydrogens is 320 g/mol. The van der Waals surface area contributed by atoms with Crippen LogP contribution in [0.3, 0.4) is 0 Å². The SMILES string of the molecule is COC1CC(C(=O)O)N(C(=O)c2c(Cl)c3ccccc3n2C)C1. The lowest BCUT2D eigenvalue weighted by atomic mass is 10.2. The number of benzene rings is 1. The number of aromatic nitrogens is 1. The molecule has 2 heterocycles. The molecule has 0 spiro atoms. The van der Waals surface area contributed by atoms with E-state index in [4.69, 9.17) is 16.3 Å². The van der Waals surface area contributed by atoms with Crippen LogP contribution in [-0.2, 0) is 16.6 Å². The van der Waals surface area contributed by atoms with E-state index in [0.29, 0.717) is 10.7 Å². The van der Waals surface area contributed by atoms with Gasteiger partial charge in [0.25, 0.3) is 5.91 Å². The molecule has 6 nitrogen and oxygen atoms in total. The van der Waals surface area contributed by atoms with Crippen molar-refractivity contribution in [2.45, 2.75) is 18.6 Å². The van der Waals surface area contributed by atoms with E-state index in [1.54, 1.807) is 11.6 Å². The molecule has 1 fully saturated rings. The summed E-state index contributed by atoms with van der Waals surface area (Å²) in [6.07, 6.45) is -0.00687. The van der Waals surface area contributed by atoms with Gasteiger partial charge in [0.15, 0.2) is 0 Å². The Balaban J connectivity index is 2.05. The summed E-state index contributed by atoms with van der Waals surface area (Å²) >= 11 is 6.39. The average molecular weight is 337 g/mol. The van der Waals surface area contributed by atoms with Crippen molar-refractivity contribution in [1.82, 2.24) is 9.47 Å². The summed E-state index contributed by atoms with van der Waals surface area (Å²) in [7, 11) is 3.27. The Kier molecular flexibility index (Phi) is 4.04. The standard InChI is InChI=1S/C16H17ClN2O4/c1-18-11-6-4-3-5-10(11)13(17)14(18)15(20)19-8-9(23-2)7-12(19)16(21)22/h3-6,9,12H,7-8H2,1-2H3,(H,21,22). The first-order valence-corrected chi connectivity index (χ1v) is 7.63. The number of aliphatic carboxylic acids is 1.